The van der Waals surface area contributed by atoms with E-state index in [-0.39, 0.29) is 0 Å². The summed E-state index contributed by atoms with van der Waals surface area (Å²) in [6, 6.07) is 24.7. The molecule has 17 nitrogen and oxygen atoms in total. The van der Waals surface area contributed by atoms with E-state index in [0.717, 1.165) is 45.6 Å². The molecule has 0 saturated heterocycles. The summed E-state index contributed by atoms with van der Waals surface area (Å²) in [4.78, 5) is 45.9. The fraction of sp³-hybridized carbons (Fsp3) is 0.188. The van der Waals surface area contributed by atoms with Gasteiger partial charge in [-0.1, -0.05) is 12.1 Å². The summed E-state index contributed by atoms with van der Waals surface area (Å²) in [5.74, 6) is 1.58. The molecule has 0 bridgehead atoms. The molecule has 9 aromatic rings. The molecule has 0 aliphatic carbocycles. The van der Waals surface area contributed by atoms with Gasteiger partial charge in [0.2, 0.25) is 0 Å². The topological polar surface area (TPSA) is 230 Å². The van der Waals surface area contributed by atoms with Crippen molar-refractivity contribution in [1.29, 1.82) is 5.26 Å². The Morgan fingerprint density at radius 2 is 0.954 bits per heavy atom. The summed E-state index contributed by atoms with van der Waals surface area (Å²) in [7, 11) is 0. The fourth-order valence-corrected chi connectivity index (χ4v) is 3.54. The first kappa shape index (κ1) is 54.4. The second kappa shape index (κ2) is 37.1. The molecular weight excluding hydrogens is 815 g/mol. The highest BCUT2D eigenvalue weighted by molar-refractivity contribution is 5.22. The molecule has 0 spiro atoms. The summed E-state index contributed by atoms with van der Waals surface area (Å²) >= 11 is 0. The Kier molecular flexibility index (Phi) is 31.1. The molecule has 17 heteroatoms. The minimum Gasteiger partial charge on any atom is -0.265 e. The van der Waals surface area contributed by atoms with Crippen LogP contribution in [0.1, 0.15) is 56.8 Å². The van der Waals surface area contributed by atoms with E-state index in [4.69, 9.17) is 5.26 Å². The number of pyridine rings is 3. The van der Waals surface area contributed by atoms with Crippen LogP contribution in [0.4, 0.5) is 0 Å². The normalized spacial score (nSPS) is 8.68. The second-order valence-corrected chi connectivity index (χ2v) is 12.8. The molecular formula is C48H55N17. The van der Waals surface area contributed by atoms with Gasteiger partial charge in [0, 0.05) is 85.7 Å². The zero-order valence-corrected chi connectivity index (χ0v) is 38.3. The molecule has 0 N–H and O–H groups in total. The van der Waals surface area contributed by atoms with Crippen molar-refractivity contribution in [2.24, 2.45) is 0 Å². The summed E-state index contributed by atoms with van der Waals surface area (Å²) in [5, 5.41) is 22.9. The highest BCUT2D eigenvalue weighted by Crippen LogP contribution is 1.95. The van der Waals surface area contributed by atoms with Crippen molar-refractivity contribution in [3.8, 4) is 6.07 Å². The van der Waals surface area contributed by atoms with Crippen LogP contribution in [0, 0.1) is 73.6 Å². The Morgan fingerprint density at radius 3 is 1.26 bits per heavy atom. The van der Waals surface area contributed by atoms with Gasteiger partial charge in [0.25, 0.3) is 0 Å². The number of aryl methyl sites for hydroxylation is 9. The van der Waals surface area contributed by atoms with Crippen LogP contribution >= 0.6 is 0 Å². The largest absolute Gasteiger partial charge is 0.265 e. The highest BCUT2D eigenvalue weighted by Gasteiger charge is 1.87. The molecule has 0 unspecified atom stereocenters. The molecule has 65 heavy (non-hydrogen) atoms. The molecule has 0 aliphatic heterocycles. The summed E-state index contributed by atoms with van der Waals surface area (Å²) in [5.41, 5.74) is 7.96. The fourth-order valence-electron chi connectivity index (χ4n) is 3.54. The van der Waals surface area contributed by atoms with Crippen LogP contribution in [-0.4, -0.2) is 80.2 Å². The van der Waals surface area contributed by atoms with Crippen LogP contribution in [0.25, 0.3) is 0 Å². The molecule has 0 saturated carbocycles. The maximum absolute atomic E-state index is 8.32. The number of hydrogen-bond donors (Lipinski definition) is 0. The van der Waals surface area contributed by atoms with E-state index < -0.39 is 0 Å². The zero-order chi connectivity index (χ0) is 47.6. The van der Waals surface area contributed by atoms with Gasteiger partial charge in [0.15, 0.2) is 0 Å². The number of nitrogens with zero attached hydrogens (tertiary/aromatic N) is 17. The van der Waals surface area contributed by atoms with E-state index >= 15 is 0 Å². The zero-order valence-electron chi connectivity index (χ0n) is 38.3. The number of aromatic nitrogens is 16. The van der Waals surface area contributed by atoms with Gasteiger partial charge in [-0.15, -0.1) is 0 Å². The Bertz CT molecular complexity index is 1990. The SMILES string of the molecule is Cc1ccc(C#N)nc1.Cc1ccccn1.Cc1cccnn1.Cc1ccncc1.Cc1ccncn1.Cc1ccnnc1.Cc1cnccn1.Cc1ncccn1.Cc1ncncn1. The smallest absolute Gasteiger partial charge is 0.140 e. The third-order valence-electron chi connectivity index (χ3n) is 6.86. The van der Waals surface area contributed by atoms with E-state index in [1.54, 1.807) is 92.7 Å². The summed E-state index contributed by atoms with van der Waals surface area (Å²) in [6.45, 7) is 17.4. The van der Waals surface area contributed by atoms with Crippen LogP contribution in [-0.2, 0) is 0 Å². The van der Waals surface area contributed by atoms with Gasteiger partial charge in [0.1, 0.15) is 42.4 Å². The molecule has 0 amide bonds. The summed E-state index contributed by atoms with van der Waals surface area (Å²) < 4.78 is 0. The maximum atomic E-state index is 8.32. The minimum absolute atomic E-state index is 0.473. The van der Waals surface area contributed by atoms with Gasteiger partial charge in [-0.3, -0.25) is 19.9 Å². The van der Waals surface area contributed by atoms with E-state index in [9.17, 15) is 0 Å². The van der Waals surface area contributed by atoms with Gasteiger partial charge in [0.05, 0.1) is 17.6 Å². The first-order valence-corrected chi connectivity index (χ1v) is 19.8. The summed E-state index contributed by atoms with van der Waals surface area (Å²) in [6.07, 6.45) is 26.8. The Labute approximate surface area is 381 Å². The number of nitriles is 1. The van der Waals surface area contributed by atoms with Gasteiger partial charge >= 0.3 is 0 Å². The van der Waals surface area contributed by atoms with Crippen molar-refractivity contribution in [2.75, 3.05) is 0 Å². The predicted molar refractivity (Wildman–Crippen MR) is 250 cm³/mol. The molecule has 0 radical (unpaired) electrons. The minimum atomic E-state index is 0.473. The van der Waals surface area contributed by atoms with Crippen LogP contribution in [0.15, 0.2) is 172 Å². The van der Waals surface area contributed by atoms with Crippen molar-refractivity contribution >= 4 is 0 Å². The lowest BCUT2D eigenvalue weighted by atomic mass is 10.3. The van der Waals surface area contributed by atoms with Crippen LogP contribution in [0.5, 0.6) is 0 Å². The predicted octanol–water partition coefficient (Wildman–Crippen LogP) is 8.15. The van der Waals surface area contributed by atoms with Crippen molar-refractivity contribution in [1.82, 2.24) is 80.2 Å². The Morgan fingerprint density at radius 1 is 0.338 bits per heavy atom. The van der Waals surface area contributed by atoms with Crippen molar-refractivity contribution in [3.63, 3.8) is 0 Å². The average molecular weight is 870 g/mol. The van der Waals surface area contributed by atoms with Gasteiger partial charge < -0.3 is 0 Å². The average Bonchev–Trinajstić information content (AvgIpc) is 3.33. The molecule has 0 atom stereocenters. The quantitative estimate of drug-likeness (QED) is 0.140. The molecule has 0 fully saturated rings. The first-order chi connectivity index (χ1) is 31.5. The third kappa shape index (κ3) is 34.7. The van der Waals surface area contributed by atoms with Crippen molar-refractivity contribution in [2.45, 2.75) is 62.3 Å². The maximum Gasteiger partial charge on any atom is 0.140 e. The van der Waals surface area contributed by atoms with Crippen molar-refractivity contribution < 1.29 is 0 Å². The third-order valence-corrected chi connectivity index (χ3v) is 6.86. The Hall–Kier alpha value is -8.65. The molecule has 0 aromatic carbocycles. The van der Waals surface area contributed by atoms with E-state index in [1.165, 1.54) is 24.5 Å². The number of hydrogen-bond acceptors (Lipinski definition) is 17. The van der Waals surface area contributed by atoms with Gasteiger partial charge in [-0.05, 0) is 140 Å². The van der Waals surface area contributed by atoms with Crippen LogP contribution < -0.4 is 0 Å². The Balaban J connectivity index is 0.000000366. The van der Waals surface area contributed by atoms with Crippen LogP contribution in [0.3, 0.4) is 0 Å². The molecule has 9 heterocycles. The molecule has 9 rings (SSSR count). The van der Waals surface area contributed by atoms with Crippen molar-refractivity contribution in [3.05, 3.63) is 229 Å². The lowest BCUT2D eigenvalue weighted by Crippen LogP contribution is -1.84. The molecule has 332 valence electrons. The van der Waals surface area contributed by atoms with E-state index in [0.29, 0.717) is 5.69 Å². The lowest BCUT2D eigenvalue weighted by Gasteiger charge is -1.87. The van der Waals surface area contributed by atoms with Gasteiger partial charge in [-0.25, -0.2) is 39.9 Å². The monoisotopic (exact) mass is 869 g/mol. The van der Waals surface area contributed by atoms with Crippen LogP contribution in [0.2, 0.25) is 0 Å². The molecule has 9 aromatic heterocycles. The first-order valence-electron chi connectivity index (χ1n) is 19.8. The highest BCUT2D eigenvalue weighted by atomic mass is 15.1. The lowest BCUT2D eigenvalue weighted by molar-refractivity contribution is 0.974. The van der Waals surface area contributed by atoms with E-state index in [2.05, 4.69) is 80.2 Å². The van der Waals surface area contributed by atoms with Gasteiger partial charge in [-0.2, -0.15) is 25.7 Å². The molecule has 0 aliphatic rings. The number of rotatable bonds is 0. The second-order valence-electron chi connectivity index (χ2n) is 12.8. The standard InChI is InChI=1S/C7H6N2.2C6H7N.5C5H6N2.C4H5N3/c1-6-2-3-7(4-8)9-5-6;1-6-2-4-7-5-3-6;1-6-4-2-3-5-7-6;1-5-4-6-2-3-7-5;1-5-2-3-6-4-7-5;1-5-2-3-6-7-4-5;1-5-6-3-2-4-7-5;1-5-3-2-4-6-7-5;1-4-6-2-5-3-7-4/h2-3,5H,1H3;2*2-5H,1H3;5*2-4H,1H3;2-3H,1H3. The van der Waals surface area contributed by atoms with E-state index in [1.807, 2.05) is 129 Å².